The highest BCUT2D eigenvalue weighted by atomic mass is 16.5. The topological polar surface area (TPSA) is 78.9 Å². The van der Waals surface area contributed by atoms with Crippen molar-refractivity contribution in [3.05, 3.63) is 59.7 Å². The molecule has 1 atom stereocenters. The van der Waals surface area contributed by atoms with Gasteiger partial charge >= 0.3 is 12.0 Å². The molecule has 0 aliphatic rings. The van der Waals surface area contributed by atoms with Crippen molar-refractivity contribution in [2.75, 3.05) is 18.4 Å². The Hall–Kier alpha value is -3.02. The van der Waals surface area contributed by atoms with Crippen molar-refractivity contribution >= 4 is 17.7 Å². The van der Waals surface area contributed by atoms with Crippen LogP contribution >= 0.6 is 0 Å². The minimum atomic E-state index is -1.27. The summed E-state index contributed by atoms with van der Waals surface area (Å²) in [7, 11) is 0. The molecule has 0 unspecified atom stereocenters. The number of carboxylic acid groups (broad SMARTS) is 1. The normalized spacial score (nSPS) is 12.6. The van der Waals surface area contributed by atoms with Crippen LogP contribution in [0.15, 0.2) is 48.5 Å². The SMILES string of the molecule is CCCCCCCN(CCc1cccc(O[C@](C)(CC)C(=O)O)c1)C(=O)Nc1ccc(CC)cc1. The van der Waals surface area contributed by atoms with Crippen LogP contribution in [0, 0.1) is 0 Å². The predicted octanol–water partition coefficient (Wildman–Crippen LogP) is 6.93. The zero-order valence-corrected chi connectivity index (χ0v) is 21.8. The molecule has 0 aliphatic carbocycles. The van der Waals surface area contributed by atoms with Crippen LogP contribution in [0.1, 0.15) is 77.3 Å². The second-order valence-electron chi connectivity index (χ2n) is 9.27. The van der Waals surface area contributed by atoms with Crippen molar-refractivity contribution in [1.82, 2.24) is 4.90 Å². The number of hydrogen-bond donors (Lipinski definition) is 2. The first kappa shape index (κ1) is 28.2. The molecule has 0 heterocycles. The summed E-state index contributed by atoms with van der Waals surface area (Å²) in [4.78, 5) is 26.6. The molecule has 2 aromatic rings. The van der Waals surface area contributed by atoms with E-state index in [0.717, 1.165) is 30.5 Å². The fourth-order valence-corrected chi connectivity index (χ4v) is 3.80. The molecule has 0 fully saturated rings. The Morgan fingerprint density at radius 3 is 2.29 bits per heavy atom. The van der Waals surface area contributed by atoms with Gasteiger partial charge in [0.1, 0.15) is 5.75 Å². The van der Waals surface area contributed by atoms with E-state index in [1.165, 1.54) is 24.8 Å². The summed E-state index contributed by atoms with van der Waals surface area (Å²) in [5.74, 6) is -0.455. The first-order valence-electron chi connectivity index (χ1n) is 13.0. The molecule has 6 heteroatoms. The quantitative estimate of drug-likeness (QED) is 0.270. The summed E-state index contributed by atoms with van der Waals surface area (Å²) in [6.45, 7) is 8.95. The van der Waals surface area contributed by atoms with Gasteiger partial charge in [-0.1, -0.05) is 70.7 Å². The van der Waals surface area contributed by atoms with Crippen LogP contribution in [0.3, 0.4) is 0 Å². The molecule has 0 aliphatic heterocycles. The van der Waals surface area contributed by atoms with E-state index in [-0.39, 0.29) is 6.03 Å². The lowest BCUT2D eigenvalue weighted by Gasteiger charge is -2.25. The molecule has 0 radical (unpaired) electrons. The van der Waals surface area contributed by atoms with E-state index in [1.807, 2.05) is 47.4 Å². The Balaban J connectivity index is 2.05. The first-order valence-corrected chi connectivity index (χ1v) is 13.0. The van der Waals surface area contributed by atoms with Gasteiger partial charge in [-0.3, -0.25) is 0 Å². The summed E-state index contributed by atoms with van der Waals surface area (Å²) in [6, 6.07) is 15.4. The third kappa shape index (κ3) is 9.27. The van der Waals surface area contributed by atoms with E-state index in [2.05, 4.69) is 19.2 Å². The number of nitrogens with zero attached hydrogens (tertiary/aromatic N) is 1. The Morgan fingerprint density at radius 1 is 0.943 bits per heavy atom. The van der Waals surface area contributed by atoms with Crippen LogP contribution in [0.4, 0.5) is 10.5 Å². The average molecular weight is 483 g/mol. The monoisotopic (exact) mass is 482 g/mol. The Bertz CT molecular complexity index is 929. The number of hydrogen-bond acceptors (Lipinski definition) is 3. The van der Waals surface area contributed by atoms with E-state index in [4.69, 9.17) is 4.74 Å². The predicted molar refractivity (Wildman–Crippen MR) is 142 cm³/mol. The Kier molecular flexibility index (Phi) is 11.6. The lowest BCUT2D eigenvalue weighted by atomic mass is 10.0. The standard InChI is InChI=1S/C29H42N2O4/c1-5-8-9-10-11-20-31(28(34)30-25-17-15-23(6-2)16-18-25)21-19-24-13-12-14-26(22-24)35-29(4,7-3)27(32)33/h12-18,22H,5-11,19-21H2,1-4H3,(H,30,34)(H,32,33)/t29-/m1/s1. The zero-order chi connectivity index (χ0) is 25.7. The van der Waals surface area contributed by atoms with Crippen LogP contribution < -0.4 is 10.1 Å². The maximum atomic E-state index is 13.1. The summed E-state index contributed by atoms with van der Waals surface area (Å²) < 4.78 is 5.82. The van der Waals surface area contributed by atoms with Crippen molar-refractivity contribution < 1.29 is 19.4 Å². The number of urea groups is 1. The van der Waals surface area contributed by atoms with Gasteiger partial charge in [0.15, 0.2) is 0 Å². The number of aryl methyl sites for hydroxylation is 1. The first-order chi connectivity index (χ1) is 16.8. The zero-order valence-electron chi connectivity index (χ0n) is 21.8. The summed E-state index contributed by atoms with van der Waals surface area (Å²) in [5.41, 5.74) is 1.77. The third-order valence-electron chi connectivity index (χ3n) is 6.47. The highest BCUT2D eigenvalue weighted by molar-refractivity contribution is 5.89. The number of benzene rings is 2. The summed E-state index contributed by atoms with van der Waals surface area (Å²) >= 11 is 0. The number of carbonyl (C=O) groups excluding carboxylic acids is 1. The van der Waals surface area contributed by atoms with Gasteiger partial charge < -0.3 is 20.1 Å². The van der Waals surface area contributed by atoms with Crippen LogP contribution in [0.25, 0.3) is 0 Å². The van der Waals surface area contributed by atoms with E-state index < -0.39 is 11.6 Å². The average Bonchev–Trinajstić information content (AvgIpc) is 2.86. The van der Waals surface area contributed by atoms with Gasteiger partial charge in [-0.15, -0.1) is 0 Å². The van der Waals surface area contributed by atoms with Crippen molar-refractivity contribution in [2.24, 2.45) is 0 Å². The Labute approximate surface area is 210 Å². The minimum absolute atomic E-state index is 0.0958. The van der Waals surface area contributed by atoms with Gasteiger partial charge in [0, 0.05) is 18.8 Å². The van der Waals surface area contributed by atoms with E-state index in [1.54, 1.807) is 19.9 Å². The smallest absolute Gasteiger partial charge is 0.347 e. The maximum Gasteiger partial charge on any atom is 0.347 e. The number of aliphatic carboxylic acids is 1. The summed E-state index contributed by atoms with van der Waals surface area (Å²) in [6.07, 6.45) is 7.65. The largest absolute Gasteiger partial charge is 0.478 e. The van der Waals surface area contributed by atoms with Crippen molar-refractivity contribution in [3.63, 3.8) is 0 Å². The van der Waals surface area contributed by atoms with Crippen LogP contribution in [0.5, 0.6) is 5.75 Å². The van der Waals surface area contributed by atoms with Gasteiger partial charge in [0.2, 0.25) is 5.60 Å². The molecule has 0 aromatic heterocycles. The van der Waals surface area contributed by atoms with Gasteiger partial charge in [-0.2, -0.15) is 0 Å². The Morgan fingerprint density at radius 2 is 1.66 bits per heavy atom. The molecule has 0 saturated heterocycles. The van der Waals surface area contributed by atoms with Crippen LogP contribution in [0.2, 0.25) is 0 Å². The number of carboxylic acids is 1. The van der Waals surface area contributed by atoms with Crippen LogP contribution in [-0.4, -0.2) is 40.7 Å². The number of nitrogens with one attached hydrogen (secondary N) is 1. The molecule has 0 bridgehead atoms. The maximum absolute atomic E-state index is 13.1. The number of rotatable bonds is 15. The molecule has 35 heavy (non-hydrogen) atoms. The second-order valence-corrected chi connectivity index (χ2v) is 9.27. The molecular formula is C29H42N2O4. The number of amides is 2. The van der Waals surface area contributed by atoms with Crippen molar-refractivity contribution in [1.29, 1.82) is 0 Å². The molecule has 2 amide bonds. The van der Waals surface area contributed by atoms with Gasteiger partial charge in [0.25, 0.3) is 0 Å². The number of anilines is 1. The number of carbonyl (C=O) groups is 2. The van der Waals surface area contributed by atoms with Crippen LogP contribution in [-0.2, 0) is 17.6 Å². The molecule has 2 N–H and O–H groups in total. The van der Waals surface area contributed by atoms with E-state index >= 15 is 0 Å². The lowest BCUT2D eigenvalue weighted by molar-refractivity contribution is -0.154. The van der Waals surface area contributed by atoms with Gasteiger partial charge in [-0.25, -0.2) is 9.59 Å². The molecule has 2 rings (SSSR count). The molecule has 0 saturated carbocycles. The summed E-state index contributed by atoms with van der Waals surface area (Å²) in [5, 5.41) is 12.6. The molecule has 0 spiro atoms. The molecule has 2 aromatic carbocycles. The second kappa shape index (κ2) is 14.4. The van der Waals surface area contributed by atoms with Gasteiger partial charge in [0.05, 0.1) is 0 Å². The number of ether oxygens (including phenoxy) is 1. The van der Waals surface area contributed by atoms with E-state index in [0.29, 0.717) is 31.7 Å². The highest BCUT2D eigenvalue weighted by Gasteiger charge is 2.33. The fraction of sp³-hybridized carbons (Fsp3) is 0.517. The van der Waals surface area contributed by atoms with Gasteiger partial charge in [-0.05, 0) is 68.0 Å². The fourth-order valence-electron chi connectivity index (χ4n) is 3.80. The molecule has 6 nitrogen and oxygen atoms in total. The third-order valence-corrected chi connectivity index (χ3v) is 6.47. The van der Waals surface area contributed by atoms with Crippen molar-refractivity contribution in [3.8, 4) is 5.75 Å². The lowest BCUT2D eigenvalue weighted by Crippen LogP contribution is -2.40. The van der Waals surface area contributed by atoms with Crippen molar-refractivity contribution in [2.45, 2.75) is 84.7 Å². The minimum Gasteiger partial charge on any atom is -0.478 e. The highest BCUT2D eigenvalue weighted by Crippen LogP contribution is 2.23. The number of unbranched alkanes of at least 4 members (excludes halogenated alkanes) is 4. The van der Waals surface area contributed by atoms with E-state index in [9.17, 15) is 14.7 Å². The molecule has 192 valence electrons. The molecular weight excluding hydrogens is 440 g/mol.